The van der Waals surface area contributed by atoms with Crippen molar-refractivity contribution in [2.75, 3.05) is 6.61 Å². The molecule has 162 valence electrons. The molecule has 1 aromatic carbocycles. The van der Waals surface area contributed by atoms with Gasteiger partial charge in [-0.1, -0.05) is 17.7 Å². The smallest absolute Gasteiger partial charge is 0.434 e. The molecule has 0 bridgehead atoms. The van der Waals surface area contributed by atoms with Crippen molar-refractivity contribution < 1.29 is 22.7 Å². The van der Waals surface area contributed by atoms with Gasteiger partial charge in [0, 0.05) is 18.8 Å². The number of carbonyl (C=O) groups excluding carboxylic acids is 1. The van der Waals surface area contributed by atoms with E-state index >= 15 is 0 Å². The van der Waals surface area contributed by atoms with E-state index in [1.54, 1.807) is 30.5 Å². The minimum Gasteiger partial charge on any atom is -0.477 e. The average Bonchev–Trinajstić information content (AvgIpc) is 3.46. The molecule has 0 atom stereocenters. The number of rotatable bonds is 7. The molecule has 0 unspecified atom stereocenters. The topological polar surface area (TPSA) is 69.0 Å². The van der Waals surface area contributed by atoms with E-state index in [4.69, 9.17) is 4.74 Å². The zero-order valence-electron chi connectivity index (χ0n) is 16.8. The van der Waals surface area contributed by atoms with Gasteiger partial charge in [0.15, 0.2) is 5.69 Å². The Hall–Kier alpha value is -3.36. The van der Waals surface area contributed by atoms with Crippen molar-refractivity contribution in [1.82, 2.24) is 20.1 Å². The van der Waals surface area contributed by atoms with Crippen molar-refractivity contribution in [2.24, 2.45) is 5.92 Å². The number of pyridine rings is 1. The normalized spacial score (nSPS) is 13.8. The molecule has 31 heavy (non-hydrogen) atoms. The summed E-state index contributed by atoms with van der Waals surface area (Å²) in [4.78, 5) is 16.7. The summed E-state index contributed by atoms with van der Waals surface area (Å²) in [6, 6.07) is 9.76. The number of nitrogens with one attached hydrogen (secondary N) is 1. The van der Waals surface area contributed by atoms with E-state index in [9.17, 15) is 18.0 Å². The zero-order valence-corrected chi connectivity index (χ0v) is 16.8. The number of ether oxygens (including phenoxy) is 1. The molecule has 2 heterocycles. The highest BCUT2D eigenvalue weighted by Crippen LogP contribution is 2.34. The molecule has 0 saturated heterocycles. The first kappa shape index (κ1) is 20.9. The van der Waals surface area contributed by atoms with Gasteiger partial charge in [-0.25, -0.2) is 9.67 Å². The van der Waals surface area contributed by atoms with Gasteiger partial charge in [-0.2, -0.15) is 18.3 Å². The lowest BCUT2D eigenvalue weighted by Crippen LogP contribution is -2.26. The van der Waals surface area contributed by atoms with E-state index in [0.29, 0.717) is 24.0 Å². The van der Waals surface area contributed by atoms with Crippen LogP contribution in [0.5, 0.6) is 5.88 Å². The summed E-state index contributed by atoms with van der Waals surface area (Å²) >= 11 is 0. The lowest BCUT2D eigenvalue weighted by molar-refractivity contribution is -0.143. The number of amides is 1. The van der Waals surface area contributed by atoms with Gasteiger partial charge >= 0.3 is 6.18 Å². The Morgan fingerprint density at radius 2 is 1.97 bits per heavy atom. The maximum absolute atomic E-state index is 13.8. The van der Waals surface area contributed by atoms with E-state index in [-0.39, 0.29) is 12.2 Å². The van der Waals surface area contributed by atoms with Crippen molar-refractivity contribution in [1.29, 1.82) is 0 Å². The fourth-order valence-electron chi connectivity index (χ4n) is 3.07. The van der Waals surface area contributed by atoms with Gasteiger partial charge in [0.2, 0.25) is 5.88 Å². The highest BCUT2D eigenvalue weighted by molar-refractivity contribution is 5.95. The predicted octanol–water partition coefficient (Wildman–Crippen LogP) is 4.31. The van der Waals surface area contributed by atoms with Crippen LogP contribution in [0.2, 0.25) is 0 Å². The Kier molecular flexibility index (Phi) is 5.67. The number of hydrogen-bond acceptors (Lipinski definition) is 4. The van der Waals surface area contributed by atoms with Crippen LogP contribution >= 0.6 is 0 Å². The first-order chi connectivity index (χ1) is 14.8. The Labute approximate surface area is 177 Å². The maximum Gasteiger partial charge on any atom is 0.434 e. The summed E-state index contributed by atoms with van der Waals surface area (Å²) < 4.78 is 47.7. The highest BCUT2D eigenvalue weighted by Gasteiger charge is 2.40. The van der Waals surface area contributed by atoms with Crippen molar-refractivity contribution in [3.8, 4) is 11.6 Å². The number of alkyl halides is 3. The Morgan fingerprint density at radius 1 is 1.23 bits per heavy atom. The second kappa shape index (κ2) is 8.41. The molecule has 9 heteroatoms. The van der Waals surface area contributed by atoms with Gasteiger partial charge in [-0.15, -0.1) is 0 Å². The molecule has 0 aliphatic heterocycles. The third-order valence-electron chi connectivity index (χ3n) is 4.98. The fourth-order valence-corrected chi connectivity index (χ4v) is 3.07. The summed E-state index contributed by atoms with van der Waals surface area (Å²) in [6.07, 6.45) is 0.0185. The number of benzene rings is 1. The van der Waals surface area contributed by atoms with Crippen molar-refractivity contribution in [2.45, 2.75) is 32.5 Å². The van der Waals surface area contributed by atoms with Crippen molar-refractivity contribution >= 4 is 5.91 Å². The molecule has 3 aromatic rings. The summed E-state index contributed by atoms with van der Waals surface area (Å²) in [7, 11) is 0. The number of aromatic nitrogens is 3. The van der Waals surface area contributed by atoms with Crippen LogP contribution in [0, 0.1) is 12.8 Å². The number of hydrogen-bond donors (Lipinski definition) is 1. The molecule has 0 spiro atoms. The molecule has 2 aromatic heterocycles. The summed E-state index contributed by atoms with van der Waals surface area (Å²) in [5.41, 5.74) is 0.154. The largest absolute Gasteiger partial charge is 0.477 e. The lowest BCUT2D eigenvalue weighted by Gasteiger charge is -2.13. The molecule has 1 N–H and O–H groups in total. The van der Waals surface area contributed by atoms with Gasteiger partial charge in [0.25, 0.3) is 5.91 Å². The van der Waals surface area contributed by atoms with Gasteiger partial charge in [0.05, 0.1) is 24.1 Å². The molecular weight excluding hydrogens is 409 g/mol. The SMILES string of the molecule is Cc1ccc(-n2ncc(C(=O)NCc3ccnc(OCC4CC4)c3)c2C(F)(F)F)cc1. The molecule has 6 nitrogen and oxygen atoms in total. The molecule has 4 rings (SSSR count). The lowest BCUT2D eigenvalue weighted by atomic mass is 10.2. The van der Waals surface area contributed by atoms with Crippen LogP contribution in [0.1, 0.15) is 40.0 Å². The molecule has 1 aliphatic rings. The monoisotopic (exact) mass is 430 g/mol. The first-order valence-electron chi connectivity index (χ1n) is 9.89. The number of aryl methyl sites for hydroxylation is 1. The molecule has 0 radical (unpaired) electrons. The minimum atomic E-state index is -4.76. The van der Waals surface area contributed by atoms with Crippen molar-refractivity contribution in [3.05, 3.63) is 71.2 Å². The predicted molar refractivity (Wildman–Crippen MR) is 107 cm³/mol. The third kappa shape index (κ3) is 5.04. The summed E-state index contributed by atoms with van der Waals surface area (Å²) in [5, 5.41) is 6.36. The van der Waals surface area contributed by atoms with E-state index in [0.717, 1.165) is 29.3 Å². The van der Waals surface area contributed by atoms with E-state index < -0.39 is 23.3 Å². The zero-order chi connectivity index (χ0) is 22.0. The number of carbonyl (C=O) groups is 1. The number of nitrogens with zero attached hydrogens (tertiary/aromatic N) is 3. The number of halogens is 3. The Morgan fingerprint density at radius 3 is 2.65 bits per heavy atom. The molecule has 1 fully saturated rings. The van der Waals surface area contributed by atoms with Gasteiger partial charge in [0.1, 0.15) is 0 Å². The van der Waals surface area contributed by atoms with Gasteiger partial charge < -0.3 is 10.1 Å². The maximum atomic E-state index is 13.8. The van der Waals surface area contributed by atoms with Gasteiger partial charge in [-0.05, 0) is 49.4 Å². The summed E-state index contributed by atoms with van der Waals surface area (Å²) in [6.45, 7) is 2.46. The average molecular weight is 430 g/mol. The van der Waals surface area contributed by atoms with E-state index in [1.807, 2.05) is 6.92 Å². The van der Waals surface area contributed by atoms with Crippen LogP contribution in [0.4, 0.5) is 13.2 Å². The quantitative estimate of drug-likeness (QED) is 0.606. The van der Waals surface area contributed by atoms with Crippen LogP contribution in [-0.4, -0.2) is 27.3 Å². The Balaban J connectivity index is 1.50. The van der Waals surface area contributed by atoms with Crippen LogP contribution < -0.4 is 10.1 Å². The molecular formula is C22H21F3N4O2. The van der Waals surface area contributed by atoms with E-state index in [1.165, 1.54) is 12.1 Å². The Bertz CT molecular complexity index is 1070. The fraction of sp³-hybridized carbons (Fsp3) is 0.318. The first-order valence-corrected chi connectivity index (χ1v) is 9.89. The second-order valence-corrected chi connectivity index (χ2v) is 7.59. The third-order valence-corrected chi connectivity index (χ3v) is 4.98. The van der Waals surface area contributed by atoms with Crippen LogP contribution in [0.25, 0.3) is 5.69 Å². The molecule has 1 amide bonds. The standard InChI is InChI=1S/C22H21F3N4O2/c1-14-2-6-17(7-3-14)29-20(22(23,24)25)18(12-28-29)21(30)27-11-16-8-9-26-19(10-16)31-13-15-4-5-15/h2-3,6-10,12,15H,4-5,11,13H2,1H3,(H,27,30). The van der Waals surface area contributed by atoms with Crippen LogP contribution in [-0.2, 0) is 12.7 Å². The second-order valence-electron chi connectivity index (χ2n) is 7.59. The van der Waals surface area contributed by atoms with Gasteiger partial charge in [-0.3, -0.25) is 4.79 Å². The van der Waals surface area contributed by atoms with Crippen molar-refractivity contribution in [3.63, 3.8) is 0 Å². The molecule has 1 aliphatic carbocycles. The van der Waals surface area contributed by atoms with Crippen LogP contribution in [0.3, 0.4) is 0 Å². The molecule has 1 saturated carbocycles. The summed E-state index contributed by atoms with van der Waals surface area (Å²) in [5.74, 6) is 0.140. The van der Waals surface area contributed by atoms with E-state index in [2.05, 4.69) is 15.4 Å². The highest BCUT2D eigenvalue weighted by atomic mass is 19.4. The minimum absolute atomic E-state index is 0.0359. The van der Waals surface area contributed by atoms with Crippen LogP contribution in [0.15, 0.2) is 48.8 Å².